The van der Waals surface area contributed by atoms with Gasteiger partial charge in [0.2, 0.25) is 0 Å². The van der Waals surface area contributed by atoms with Crippen molar-refractivity contribution in [1.82, 2.24) is 29.1 Å². The molecule has 3 aromatic heterocycles. The van der Waals surface area contributed by atoms with Crippen LogP contribution in [0.25, 0.3) is 38.8 Å². The number of fused-ring (bicyclic) bond motifs is 2. The zero-order valence-corrected chi connectivity index (χ0v) is 21.0. The fourth-order valence-electron chi connectivity index (χ4n) is 4.61. The highest BCUT2D eigenvalue weighted by molar-refractivity contribution is 7.88. The summed E-state index contributed by atoms with van der Waals surface area (Å²) in [4.78, 5) is 4.26. The molecule has 9 heteroatoms. The van der Waals surface area contributed by atoms with E-state index in [1.165, 1.54) is 11.9 Å². The Morgan fingerprint density at radius 3 is 2.62 bits per heavy atom. The highest BCUT2D eigenvalue weighted by atomic mass is 32.2. The maximum absolute atomic E-state index is 11.5. The maximum atomic E-state index is 11.5. The third-order valence-electron chi connectivity index (χ3n) is 6.34. The molecule has 1 unspecified atom stereocenters. The van der Waals surface area contributed by atoms with Crippen molar-refractivity contribution in [1.29, 1.82) is 0 Å². The number of hydrogen-bond donors (Lipinski definition) is 2. The normalized spacial score (nSPS) is 12.4. The number of nitrogen functional groups attached to an aromatic ring is 1. The fraction of sp³-hybridized carbons (Fsp3) is 0.107. The van der Waals surface area contributed by atoms with Crippen LogP contribution in [0.1, 0.15) is 11.1 Å². The van der Waals surface area contributed by atoms with Gasteiger partial charge in [-0.05, 0) is 34.9 Å². The summed E-state index contributed by atoms with van der Waals surface area (Å²) in [5, 5.41) is 10.4. The van der Waals surface area contributed by atoms with Crippen LogP contribution in [0.5, 0.6) is 0 Å². The quantitative estimate of drug-likeness (QED) is 0.310. The molecule has 0 spiro atoms. The van der Waals surface area contributed by atoms with Crippen LogP contribution in [0, 0.1) is 0 Å². The van der Waals surface area contributed by atoms with E-state index in [0.29, 0.717) is 18.9 Å². The Labute approximate surface area is 217 Å². The summed E-state index contributed by atoms with van der Waals surface area (Å²) in [6, 6.07) is 26.7. The minimum absolute atomic E-state index is 0.408. The van der Waals surface area contributed by atoms with Crippen molar-refractivity contribution in [2.45, 2.75) is 13.1 Å². The molecule has 3 heterocycles. The van der Waals surface area contributed by atoms with E-state index in [9.17, 15) is 4.55 Å². The van der Waals surface area contributed by atoms with Gasteiger partial charge in [-0.25, -0.2) is 9.50 Å². The van der Waals surface area contributed by atoms with Crippen LogP contribution in [0.4, 0.5) is 5.82 Å². The van der Waals surface area contributed by atoms with Gasteiger partial charge >= 0.3 is 0 Å². The Kier molecular flexibility index (Phi) is 6.09. The Bertz CT molecular complexity index is 1710. The predicted octanol–water partition coefficient (Wildman–Crippen LogP) is 4.43. The molecule has 3 N–H and O–H groups in total. The smallest absolute Gasteiger partial charge is 0.152 e. The zero-order chi connectivity index (χ0) is 25.4. The first-order chi connectivity index (χ1) is 18.0. The molecule has 0 radical (unpaired) electrons. The molecule has 37 heavy (non-hydrogen) atoms. The molecule has 0 bridgehead atoms. The maximum Gasteiger partial charge on any atom is 0.152 e. The minimum atomic E-state index is -1.09. The average Bonchev–Trinajstić information content (AvgIpc) is 3.49. The highest BCUT2D eigenvalue weighted by Gasteiger charge is 2.17. The first-order valence-electron chi connectivity index (χ1n) is 11.8. The minimum Gasteiger partial charge on any atom is -0.598 e. The van der Waals surface area contributed by atoms with Gasteiger partial charge in [-0.1, -0.05) is 60.7 Å². The lowest BCUT2D eigenvalue weighted by Gasteiger charge is -2.08. The van der Waals surface area contributed by atoms with E-state index in [4.69, 9.17) is 10.8 Å². The van der Waals surface area contributed by atoms with Crippen molar-refractivity contribution < 1.29 is 4.55 Å². The summed E-state index contributed by atoms with van der Waals surface area (Å²) in [6.07, 6.45) is 5.16. The van der Waals surface area contributed by atoms with Crippen LogP contribution in [-0.2, 0) is 24.5 Å². The first kappa shape index (κ1) is 23.2. The van der Waals surface area contributed by atoms with Gasteiger partial charge in [0.05, 0.1) is 24.3 Å². The van der Waals surface area contributed by atoms with Crippen LogP contribution in [0.15, 0.2) is 91.4 Å². The lowest BCUT2D eigenvalue weighted by molar-refractivity contribution is 0.586. The molecule has 0 aliphatic carbocycles. The monoisotopic (exact) mass is 507 g/mol. The molecule has 6 rings (SSSR count). The van der Waals surface area contributed by atoms with E-state index in [1.54, 1.807) is 6.26 Å². The number of nitrogens with zero attached hydrogens (tertiary/aromatic N) is 5. The predicted molar refractivity (Wildman–Crippen MR) is 148 cm³/mol. The molecule has 1 atom stereocenters. The van der Waals surface area contributed by atoms with Crippen LogP contribution >= 0.6 is 0 Å². The number of nitrogens with two attached hydrogens (primary N) is 1. The first-order valence-corrected chi connectivity index (χ1v) is 13.4. The second-order valence-electron chi connectivity index (χ2n) is 8.91. The van der Waals surface area contributed by atoms with E-state index >= 15 is 0 Å². The molecule has 8 nitrogen and oxygen atoms in total. The van der Waals surface area contributed by atoms with Crippen LogP contribution in [0.2, 0.25) is 0 Å². The number of hydrogen-bond acceptors (Lipinski definition) is 6. The topological polar surface area (TPSA) is 109 Å². The third kappa shape index (κ3) is 4.67. The third-order valence-corrected chi connectivity index (χ3v) is 6.89. The van der Waals surface area contributed by atoms with Crippen LogP contribution in [0.3, 0.4) is 0 Å². The van der Waals surface area contributed by atoms with Gasteiger partial charge in [-0.2, -0.15) is 10.2 Å². The van der Waals surface area contributed by atoms with Crippen molar-refractivity contribution in [3.05, 3.63) is 103 Å². The second kappa shape index (κ2) is 9.70. The van der Waals surface area contributed by atoms with Gasteiger partial charge in [-0.3, -0.25) is 4.68 Å². The Hall–Kier alpha value is -4.18. The standard InChI is InChI=1S/C28H25N7OS/c1-37(36)32-15-20-8-5-9-22(12-20)26-14-24(27-28(29)30-18-31-35(26)27)21-10-11-23-17-34(33-25(23)13-21)16-19-6-3-2-4-7-19/h2-14,17-18,32H,15-16H2,1H3,(H2,29,30,31). The summed E-state index contributed by atoms with van der Waals surface area (Å²) < 4.78 is 18.3. The summed E-state index contributed by atoms with van der Waals surface area (Å²) in [5.74, 6) is 0.408. The Balaban J connectivity index is 1.42. The van der Waals surface area contributed by atoms with Crippen molar-refractivity contribution in [3.63, 3.8) is 0 Å². The van der Waals surface area contributed by atoms with Gasteiger partial charge in [-0.15, -0.1) is 4.72 Å². The van der Waals surface area contributed by atoms with Crippen molar-refractivity contribution >= 4 is 33.6 Å². The van der Waals surface area contributed by atoms with Crippen LogP contribution < -0.4 is 10.5 Å². The molecule has 0 aliphatic heterocycles. The fourth-order valence-corrected chi connectivity index (χ4v) is 4.98. The molecule has 184 valence electrons. The van der Waals surface area contributed by atoms with Crippen molar-refractivity contribution in [2.75, 3.05) is 12.0 Å². The largest absolute Gasteiger partial charge is 0.598 e. The van der Waals surface area contributed by atoms with Gasteiger partial charge in [0.15, 0.2) is 5.82 Å². The molecule has 6 aromatic rings. The van der Waals surface area contributed by atoms with Gasteiger partial charge in [0.1, 0.15) is 18.1 Å². The lowest BCUT2D eigenvalue weighted by Crippen LogP contribution is -2.21. The van der Waals surface area contributed by atoms with Gasteiger partial charge in [0.25, 0.3) is 0 Å². The summed E-state index contributed by atoms with van der Waals surface area (Å²) in [7, 11) is 0. The Morgan fingerprint density at radius 1 is 0.946 bits per heavy atom. The second-order valence-corrected chi connectivity index (χ2v) is 10.1. The number of anilines is 1. The Morgan fingerprint density at radius 2 is 1.78 bits per heavy atom. The van der Waals surface area contributed by atoms with E-state index in [-0.39, 0.29) is 0 Å². The molecule has 0 amide bonds. The molecule has 0 saturated carbocycles. The van der Waals surface area contributed by atoms with E-state index < -0.39 is 11.4 Å². The van der Waals surface area contributed by atoms with E-state index in [0.717, 1.165) is 44.4 Å². The zero-order valence-electron chi connectivity index (χ0n) is 20.2. The number of nitrogens with one attached hydrogen (secondary N) is 1. The van der Waals surface area contributed by atoms with E-state index in [1.807, 2.05) is 45.6 Å². The van der Waals surface area contributed by atoms with Crippen molar-refractivity contribution in [2.24, 2.45) is 0 Å². The lowest BCUT2D eigenvalue weighted by atomic mass is 10.0. The SMILES string of the molecule is C[S+]([O-])NCc1cccc(-c2cc(-c3ccc4cn(Cc5ccccc5)nc4c3)c3c(N)ncnn23)c1. The molecular formula is C28H25N7OS. The van der Waals surface area contributed by atoms with Crippen LogP contribution in [-0.4, -0.2) is 35.2 Å². The summed E-state index contributed by atoms with van der Waals surface area (Å²) in [6.45, 7) is 1.22. The van der Waals surface area contributed by atoms with Gasteiger partial charge < -0.3 is 10.3 Å². The molecule has 0 saturated heterocycles. The molecule has 3 aromatic carbocycles. The average molecular weight is 508 g/mol. The van der Waals surface area contributed by atoms with Gasteiger partial charge in [0, 0.05) is 34.1 Å². The molecule has 0 aliphatic rings. The van der Waals surface area contributed by atoms with Crippen molar-refractivity contribution in [3.8, 4) is 22.4 Å². The molecule has 0 fully saturated rings. The number of benzene rings is 3. The highest BCUT2D eigenvalue weighted by Crippen LogP contribution is 2.36. The number of aromatic nitrogens is 5. The summed E-state index contributed by atoms with van der Waals surface area (Å²) >= 11 is -1.09. The summed E-state index contributed by atoms with van der Waals surface area (Å²) in [5.41, 5.74) is 14.0. The molecular weight excluding hydrogens is 482 g/mol. The number of rotatable bonds is 7. The van der Waals surface area contributed by atoms with E-state index in [2.05, 4.69) is 63.5 Å².